The molecular formula is C106H163Cl2NO7P2. The lowest BCUT2D eigenvalue weighted by Crippen LogP contribution is -2.21. The first-order valence-electron chi connectivity index (χ1n) is 43.3. The lowest BCUT2D eigenvalue weighted by atomic mass is 9.75. The monoisotopic (exact) mass is 1690 g/mol. The predicted octanol–water partition coefficient (Wildman–Crippen LogP) is 34.2. The van der Waals surface area contributed by atoms with Crippen molar-refractivity contribution < 1.29 is 32.0 Å². The highest BCUT2D eigenvalue weighted by molar-refractivity contribution is 8.00. The number of hydrogen-bond acceptors (Lipinski definition) is 8. The Balaban J connectivity index is 0.000000365. The zero-order valence-electron chi connectivity index (χ0n) is 83.3. The van der Waals surface area contributed by atoms with E-state index in [4.69, 9.17) is 49.4 Å². The van der Waals surface area contributed by atoms with Crippen LogP contribution in [0.2, 0.25) is 0 Å². The third kappa shape index (κ3) is 26.0. The van der Waals surface area contributed by atoms with Gasteiger partial charge in [-0.1, -0.05) is 360 Å². The fourth-order valence-corrected chi connectivity index (χ4v) is 16.3. The predicted molar refractivity (Wildman–Crippen MR) is 522 cm³/mol. The first-order valence-corrected chi connectivity index (χ1v) is 47.5. The molecule has 0 fully saturated rings. The second kappa shape index (κ2) is 36.7. The summed E-state index contributed by atoms with van der Waals surface area (Å²) in [6.07, 6.45) is 0. The Bertz CT molecular complexity index is 4730. The standard InChI is InChI=1S/C57H83O4P.C29H43Cl2O2P.C14H22O.C6H15N/c1-50(2,3)34-26-38(46(58-25)42(30-34)54(13,14)15)39-27-35(51(4,5)6)31-43(55(16,17)18)47(39)59-62-60-48-40(28-36(52(7,8)9)32-44(48)56(19,20)21)41-29-37(53(10,11)12)33-45(49(41)61-62)57(22,23)24;1-26(2,3)18-14-20(24(32-13)22(16-18)28(7,8)9)21-15-19(27(4,5)6)17-23(29(10,11)12)25(21)33-34(30)31;1-13(2,3)10-7-8-12(15)11(9-10)14(4,5)6;1-4-7(5-2)6-3/h26-33H,1-25H3;14-17H,1-13H3;7-9,15H,1-6H3;4-6H2,1-3H3. The number of benzene rings is 7. The van der Waals surface area contributed by atoms with Crippen LogP contribution in [-0.4, -0.2) is 43.9 Å². The average molecular weight is 1700 g/mol. The van der Waals surface area contributed by atoms with Crippen LogP contribution in [0.3, 0.4) is 0 Å². The molecule has 0 spiro atoms. The zero-order chi connectivity index (χ0) is 91.3. The number of fused-ring (bicyclic) bond motifs is 3. The van der Waals surface area contributed by atoms with Gasteiger partial charge in [0.2, 0.25) is 0 Å². The highest BCUT2D eigenvalue weighted by atomic mass is 35.9. The minimum absolute atomic E-state index is 0.00859. The molecule has 0 aliphatic heterocycles. The molecule has 8 aromatic rings. The molecule has 0 saturated heterocycles. The summed E-state index contributed by atoms with van der Waals surface area (Å²) in [5.74, 6) is 3.63. The molecule has 0 amide bonds. The number of methoxy groups -OCH3 is 2. The van der Waals surface area contributed by atoms with Crippen molar-refractivity contribution in [2.75, 3.05) is 33.9 Å². The fourth-order valence-electron chi connectivity index (χ4n) is 14.4. The Labute approximate surface area is 732 Å². The molecule has 1 heterocycles. The topological polar surface area (TPSA) is 86.7 Å². The van der Waals surface area contributed by atoms with Crippen LogP contribution in [0, 0.1) is 0 Å². The molecule has 0 atom stereocenters. The van der Waals surface area contributed by atoms with Gasteiger partial charge in [-0.25, -0.2) is 0 Å². The van der Waals surface area contributed by atoms with Crippen LogP contribution in [0.4, 0.5) is 0 Å². The Morgan fingerprint density at radius 3 is 0.763 bits per heavy atom. The Morgan fingerprint density at radius 1 is 0.297 bits per heavy atom. The first kappa shape index (κ1) is 103. The number of rotatable bonds is 11. The Hall–Kier alpha value is -5.59. The molecule has 0 aliphatic carbocycles. The van der Waals surface area contributed by atoms with Gasteiger partial charge in [0.1, 0.15) is 39.9 Å². The van der Waals surface area contributed by atoms with Gasteiger partial charge < -0.3 is 36.9 Å². The molecule has 8 rings (SSSR count). The van der Waals surface area contributed by atoms with Crippen LogP contribution in [0.1, 0.15) is 389 Å². The maximum atomic E-state index is 9.84. The van der Waals surface area contributed by atoms with Gasteiger partial charge in [0, 0.05) is 66.4 Å². The van der Waals surface area contributed by atoms with E-state index >= 15 is 0 Å². The van der Waals surface area contributed by atoms with Crippen LogP contribution in [0.5, 0.6) is 28.7 Å². The second-order valence-electron chi connectivity index (χ2n) is 47.5. The minimum atomic E-state index is -2.07. The number of aromatic hydroxyl groups is 1. The summed E-state index contributed by atoms with van der Waals surface area (Å²) >= 11 is 12.6. The molecule has 1 N–H and O–H groups in total. The van der Waals surface area contributed by atoms with Crippen LogP contribution in [0.15, 0.2) is 99.4 Å². The highest BCUT2D eigenvalue weighted by Gasteiger charge is 2.38. The first-order chi connectivity index (χ1) is 52.9. The summed E-state index contributed by atoms with van der Waals surface area (Å²) in [6, 6.07) is 33.7. The van der Waals surface area contributed by atoms with Crippen LogP contribution < -0.4 is 18.5 Å². The van der Waals surface area contributed by atoms with Crippen LogP contribution >= 0.6 is 37.6 Å². The summed E-state index contributed by atoms with van der Waals surface area (Å²) in [4.78, 5) is 2.38. The van der Waals surface area contributed by atoms with Gasteiger partial charge in [0.05, 0.1) is 14.2 Å². The van der Waals surface area contributed by atoms with E-state index < -0.39 is 15.1 Å². The number of nitrogens with zero attached hydrogens (tertiary/aromatic N) is 1. The van der Waals surface area contributed by atoms with Crippen molar-refractivity contribution in [3.05, 3.63) is 169 Å². The van der Waals surface area contributed by atoms with E-state index in [1.807, 2.05) is 6.07 Å². The van der Waals surface area contributed by atoms with E-state index in [0.29, 0.717) is 5.75 Å². The Morgan fingerprint density at radius 2 is 0.525 bits per heavy atom. The second-order valence-corrected chi connectivity index (χ2v) is 51.4. The molecule has 7 aromatic carbocycles. The molecule has 0 saturated carbocycles. The van der Waals surface area contributed by atoms with Crippen molar-refractivity contribution in [2.45, 2.75) is 387 Å². The average Bonchev–Trinajstić information content (AvgIpc) is 1.35. The van der Waals surface area contributed by atoms with Crippen molar-refractivity contribution in [2.24, 2.45) is 0 Å². The van der Waals surface area contributed by atoms with Gasteiger partial charge in [0.25, 0.3) is 6.85 Å². The summed E-state index contributed by atoms with van der Waals surface area (Å²) in [5.41, 5.74) is 20.5. The number of phenols is 1. The third-order valence-corrected chi connectivity index (χ3v) is 24.3. The van der Waals surface area contributed by atoms with Gasteiger partial charge in [0.15, 0.2) is 0 Å². The van der Waals surface area contributed by atoms with E-state index in [2.05, 4.69) is 395 Å². The largest absolute Gasteiger partial charge is 0.508 e. The zero-order valence-corrected chi connectivity index (χ0v) is 86.6. The number of halogens is 2. The van der Waals surface area contributed by atoms with Crippen molar-refractivity contribution in [3.63, 3.8) is 0 Å². The number of ether oxygens (including phenoxy) is 2. The molecular weight excluding hydrogens is 1530 g/mol. The molecule has 658 valence electrons. The summed E-state index contributed by atoms with van der Waals surface area (Å²) in [6.45, 7) is 103. The van der Waals surface area contributed by atoms with E-state index in [1.54, 1.807) is 20.3 Å². The van der Waals surface area contributed by atoms with E-state index in [9.17, 15) is 5.11 Å². The minimum Gasteiger partial charge on any atom is -0.508 e. The molecule has 0 radical (unpaired) electrons. The number of hydrogen-bond donors (Lipinski definition) is 1. The lowest BCUT2D eigenvalue weighted by Gasteiger charge is -2.32. The normalized spacial score (nSPS) is 13.4. The smallest absolute Gasteiger partial charge is 0.453 e. The van der Waals surface area contributed by atoms with Crippen molar-refractivity contribution in [3.8, 4) is 51.0 Å². The lowest BCUT2D eigenvalue weighted by molar-refractivity contribution is 0.321. The molecule has 8 nitrogen and oxygen atoms in total. The summed E-state index contributed by atoms with van der Waals surface area (Å²) in [5, 5.41) is 11.9. The molecule has 0 bridgehead atoms. The van der Waals surface area contributed by atoms with Crippen molar-refractivity contribution in [1.29, 1.82) is 0 Å². The molecule has 0 aliphatic rings. The Kier molecular flexibility index (Phi) is 32.0. The third-order valence-electron chi connectivity index (χ3n) is 22.5. The molecule has 118 heavy (non-hydrogen) atoms. The van der Waals surface area contributed by atoms with Gasteiger partial charge in [-0.3, -0.25) is 0 Å². The quantitative estimate of drug-likeness (QED) is 0.128. The van der Waals surface area contributed by atoms with Gasteiger partial charge in [-0.2, -0.15) is 0 Å². The highest BCUT2D eigenvalue weighted by Crippen LogP contribution is 2.58. The van der Waals surface area contributed by atoms with Gasteiger partial charge >= 0.3 is 8.24 Å². The van der Waals surface area contributed by atoms with E-state index in [-0.39, 0.29) is 75.8 Å². The van der Waals surface area contributed by atoms with Crippen LogP contribution in [0.25, 0.3) is 44.2 Å². The summed E-state index contributed by atoms with van der Waals surface area (Å²) in [7, 11) is 1.48. The maximum absolute atomic E-state index is 9.84. The number of phenolic OH excluding ortho intramolecular Hbond substituents is 1. The molecule has 0 unspecified atom stereocenters. The van der Waals surface area contributed by atoms with Crippen LogP contribution in [-0.2, 0) is 75.8 Å². The van der Waals surface area contributed by atoms with E-state index in [0.717, 1.165) is 101 Å². The molecule has 12 heteroatoms. The molecule has 1 aromatic heterocycles. The van der Waals surface area contributed by atoms with Gasteiger partial charge in [-0.15, -0.1) is 0 Å². The maximum Gasteiger partial charge on any atom is 0.453 e. The SMILES string of the molecule is CC(C)(C)c1ccc(O)c(C(C)(C)C)c1.CCN(CC)CC.COc1c(-c2cc(C(C)(C)C)cc(C(C)(C)C)c2OP(Cl)Cl)cc(C(C)(C)C)cc1C(C)(C)C.COc1c(-c2cc(C(C)(C)C)cc(C(C)(C)C)c2Op2oc3c(C(C)(C)C)cc(C(C)(C)C)cc3c3cc(C(C)(C)C)cc(C(C)(C)C)c3o2)cc(C(C)(C)C)cc1C(C)(C)C. The fraction of sp³-hybridized carbons (Fsp3) is 0.604. The van der Waals surface area contributed by atoms with Crippen molar-refractivity contribution >= 4 is 59.5 Å². The summed E-state index contributed by atoms with van der Waals surface area (Å²) < 4.78 is 41.3. The van der Waals surface area contributed by atoms with E-state index in [1.165, 1.54) is 64.1 Å². The van der Waals surface area contributed by atoms with Crippen molar-refractivity contribution in [1.82, 2.24) is 4.90 Å². The van der Waals surface area contributed by atoms with Gasteiger partial charge in [-0.05, 0) is 205 Å².